The number of rotatable bonds is 5. The lowest BCUT2D eigenvalue weighted by Gasteiger charge is -2.11. The smallest absolute Gasteiger partial charge is 0.261 e. The van der Waals surface area contributed by atoms with E-state index in [2.05, 4.69) is 15.6 Å². The Balaban J connectivity index is 1.53. The molecule has 0 unspecified atom stereocenters. The summed E-state index contributed by atoms with van der Waals surface area (Å²) in [6.07, 6.45) is 3.34. The average Bonchev–Trinajstić information content (AvgIpc) is 3.39. The van der Waals surface area contributed by atoms with E-state index in [0.717, 1.165) is 18.4 Å². The molecule has 0 saturated heterocycles. The Kier molecular flexibility index (Phi) is 4.57. The Morgan fingerprint density at radius 1 is 1.11 bits per heavy atom. The van der Waals surface area contributed by atoms with E-state index in [4.69, 9.17) is 4.42 Å². The number of aromatic nitrogens is 1. The number of H-pyrrole nitrogens is 1. The number of hydrogen-bond acceptors (Lipinski definition) is 4. The minimum Gasteiger partial charge on any atom is -0.463 e. The summed E-state index contributed by atoms with van der Waals surface area (Å²) in [5.41, 5.74) is 1.94. The van der Waals surface area contributed by atoms with Gasteiger partial charge in [0.05, 0.1) is 12.0 Å². The van der Waals surface area contributed by atoms with Crippen molar-refractivity contribution in [1.82, 2.24) is 4.98 Å². The molecule has 142 valence electrons. The van der Waals surface area contributed by atoms with Crippen molar-refractivity contribution in [2.75, 3.05) is 10.6 Å². The highest BCUT2D eigenvalue weighted by Gasteiger charge is 2.29. The van der Waals surface area contributed by atoms with Gasteiger partial charge >= 0.3 is 0 Å². The first-order valence-electron chi connectivity index (χ1n) is 9.01. The molecule has 1 aliphatic rings. The zero-order valence-corrected chi connectivity index (χ0v) is 15.2. The summed E-state index contributed by atoms with van der Waals surface area (Å²) in [4.78, 5) is 39.5. The summed E-state index contributed by atoms with van der Waals surface area (Å²) < 4.78 is 5.25. The van der Waals surface area contributed by atoms with Crippen molar-refractivity contribution in [1.29, 1.82) is 0 Å². The number of carbonyl (C=O) groups excluding carboxylic acids is 2. The van der Waals surface area contributed by atoms with Gasteiger partial charge in [-0.25, -0.2) is 0 Å². The van der Waals surface area contributed by atoms with E-state index in [1.54, 1.807) is 30.3 Å². The topological polar surface area (TPSA) is 104 Å². The Bertz CT molecular complexity index is 1100. The van der Waals surface area contributed by atoms with Crippen molar-refractivity contribution >= 4 is 23.2 Å². The lowest BCUT2D eigenvalue weighted by atomic mass is 10.1. The summed E-state index contributed by atoms with van der Waals surface area (Å²) in [6, 6.07) is 11.8. The van der Waals surface area contributed by atoms with Gasteiger partial charge in [0.1, 0.15) is 11.3 Å². The summed E-state index contributed by atoms with van der Waals surface area (Å²) in [5, 5.41) is 5.60. The van der Waals surface area contributed by atoms with E-state index in [1.807, 2.05) is 13.0 Å². The Hall–Kier alpha value is -3.61. The van der Waals surface area contributed by atoms with Crippen molar-refractivity contribution in [3.8, 4) is 11.5 Å². The van der Waals surface area contributed by atoms with Gasteiger partial charge in [0, 0.05) is 17.3 Å². The number of nitrogens with one attached hydrogen (secondary N) is 3. The van der Waals surface area contributed by atoms with E-state index in [-0.39, 0.29) is 17.4 Å². The Morgan fingerprint density at radius 2 is 1.93 bits per heavy atom. The normalized spacial score (nSPS) is 13.2. The van der Waals surface area contributed by atoms with E-state index in [1.165, 1.54) is 12.3 Å². The maximum atomic E-state index is 12.6. The van der Waals surface area contributed by atoms with Crippen LogP contribution >= 0.6 is 0 Å². The third kappa shape index (κ3) is 3.73. The predicted octanol–water partition coefficient (Wildman–Crippen LogP) is 3.54. The molecule has 2 amide bonds. The van der Waals surface area contributed by atoms with Crippen LogP contribution in [0.4, 0.5) is 11.4 Å². The fourth-order valence-electron chi connectivity index (χ4n) is 2.84. The number of furan rings is 1. The number of anilines is 2. The van der Waals surface area contributed by atoms with Gasteiger partial charge in [-0.3, -0.25) is 14.4 Å². The molecule has 7 nitrogen and oxygen atoms in total. The van der Waals surface area contributed by atoms with Crippen LogP contribution in [0.5, 0.6) is 0 Å². The zero-order chi connectivity index (χ0) is 19.7. The van der Waals surface area contributed by atoms with Crippen LogP contribution in [0.3, 0.4) is 0 Å². The van der Waals surface area contributed by atoms with Crippen LogP contribution in [-0.2, 0) is 4.79 Å². The van der Waals surface area contributed by atoms with Gasteiger partial charge in [0.25, 0.3) is 11.5 Å². The van der Waals surface area contributed by atoms with Crippen molar-refractivity contribution in [3.05, 3.63) is 70.2 Å². The molecule has 0 aliphatic heterocycles. The molecular weight excluding hydrogens is 358 g/mol. The number of hydrogen-bond donors (Lipinski definition) is 3. The van der Waals surface area contributed by atoms with Crippen molar-refractivity contribution in [2.45, 2.75) is 19.8 Å². The molecule has 0 spiro atoms. The molecular formula is C21H19N3O4. The Labute approximate surface area is 160 Å². The monoisotopic (exact) mass is 377 g/mol. The van der Waals surface area contributed by atoms with Crippen LogP contribution in [-0.4, -0.2) is 16.8 Å². The minimum atomic E-state index is -0.527. The molecule has 7 heteroatoms. The highest BCUT2D eigenvalue weighted by molar-refractivity contribution is 6.05. The summed E-state index contributed by atoms with van der Waals surface area (Å²) in [7, 11) is 0. The Morgan fingerprint density at radius 3 is 2.61 bits per heavy atom. The van der Waals surface area contributed by atoms with Gasteiger partial charge in [-0.1, -0.05) is 6.07 Å². The van der Waals surface area contributed by atoms with Gasteiger partial charge < -0.3 is 20.0 Å². The predicted molar refractivity (Wildman–Crippen MR) is 105 cm³/mol. The van der Waals surface area contributed by atoms with Gasteiger partial charge in [0.2, 0.25) is 5.91 Å². The third-order valence-electron chi connectivity index (χ3n) is 4.64. The zero-order valence-electron chi connectivity index (χ0n) is 15.2. The van der Waals surface area contributed by atoms with E-state index in [9.17, 15) is 14.4 Å². The van der Waals surface area contributed by atoms with Gasteiger partial charge in [-0.2, -0.15) is 0 Å². The van der Waals surface area contributed by atoms with E-state index >= 15 is 0 Å². The van der Waals surface area contributed by atoms with Crippen LogP contribution in [0.25, 0.3) is 11.5 Å². The number of amides is 2. The molecule has 1 fully saturated rings. The van der Waals surface area contributed by atoms with Gasteiger partial charge in [-0.05, 0) is 61.7 Å². The minimum absolute atomic E-state index is 0.00825. The first-order valence-corrected chi connectivity index (χ1v) is 9.01. The second-order valence-corrected chi connectivity index (χ2v) is 6.84. The second-order valence-electron chi connectivity index (χ2n) is 6.84. The number of aryl methyl sites for hydroxylation is 1. The van der Waals surface area contributed by atoms with Crippen LogP contribution in [0.2, 0.25) is 0 Å². The van der Waals surface area contributed by atoms with Crippen LogP contribution in [0.1, 0.15) is 28.8 Å². The maximum Gasteiger partial charge on any atom is 0.261 e. The highest BCUT2D eigenvalue weighted by Crippen LogP contribution is 2.31. The molecule has 28 heavy (non-hydrogen) atoms. The molecule has 2 heterocycles. The lowest BCUT2D eigenvalue weighted by molar-refractivity contribution is -0.117. The van der Waals surface area contributed by atoms with Gasteiger partial charge in [0.15, 0.2) is 0 Å². The average molecular weight is 377 g/mol. The summed E-state index contributed by atoms with van der Waals surface area (Å²) in [6.45, 7) is 1.84. The fourth-order valence-corrected chi connectivity index (χ4v) is 2.84. The summed E-state index contributed by atoms with van der Waals surface area (Å²) in [5.74, 6) is 0.0664. The van der Waals surface area contributed by atoms with Gasteiger partial charge in [-0.15, -0.1) is 0 Å². The van der Waals surface area contributed by atoms with Crippen LogP contribution in [0, 0.1) is 12.8 Å². The van der Waals surface area contributed by atoms with Crippen LogP contribution < -0.4 is 16.2 Å². The van der Waals surface area contributed by atoms with E-state index < -0.39 is 11.5 Å². The number of benzene rings is 1. The largest absolute Gasteiger partial charge is 0.463 e. The SMILES string of the molecule is Cc1ccc(NC(=O)C2CC2)cc1NC(=O)c1ccc(-c2ccco2)[nH]c1=O. The number of aromatic amines is 1. The molecule has 2 aromatic heterocycles. The fraction of sp³-hybridized carbons (Fsp3) is 0.190. The third-order valence-corrected chi connectivity index (χ3v) is 4.64. The van der Waals surface area contributed by atoms with Crippen LogP contribution in [0.15, 0.2) is 57.9 Å². The lowest BCUT2D eigenvalue weighted by Crippen LogP contribution is -2.23. The quantitative estimate of drug-likeness (QED) is 0.632. The van der Waals surface area contributed by atoms with Crippen molar-refractivity contribution in [2.24, 2.45) is 5.92 Å². The molecule has 4 rings (SSSR count). The first kappa shape index (κ1) is 17.8. The molecule has 3 aromatic rings. The molecule has 1 saturated carbocycles. The highest BCUT2D eigenvalue weighted by atomic mass is 16.3. The molecule has 0 bridgehead atoms. The molecule has 3 N–H and O–H groups in total. The summed E-state index contributed by atoms with van der Waals surface area (Å²) >= 11 is 0. The first-order chi connectivity index (χ1) is 13.5. The number of pyridine rings is 1. The second kappa shape index (κ2) is 7.19. The standard InChI is InChI=1S/C21H19N3O4/c1-12-4-7-14(22-19(25)13-5-6-13)11-17(12)24-21(27)15-8-9-16(23-20(15)26)18-3-2-10-28-18/h2-4,7-11,13H,5-6H2,1H3,(H,22,25)(H,23,26)(H,24,27). The molecule has 0 atom stereocenters. The maximum absolute atomic E-state index is 12.6. The van der Waals surface area contributed by atoms with Crippen molar-refractivity contribution in [3.63, 3.8) is 0 Å². The van der Waals surface area contributed by atoms with Crippen molar-refractivity contribution < 1.29 is 14.0 Å². The molecule has 1 aliphatic carbocycles. The van der Waals surface area contributed by atoms with E-state index in [0.29, 0.717) is 22.8 Å². The molecule has 0 radical (unpaired) electrons. The number of carbonyl (C=O) groups is 2. The molecule has 1 aromatic carbocycles.